The molecule has 0 bridgehead atoms. The highest BCUT2D eigenvalue weighted by atomic mass is 32.2. The number of hydrogen-bond acceptors (Lipinski definition) is 6. The number of rotatable bonds is 10. The van der Waals surface area contributed by atoms with Crippen molar-refractivity contribution in [3.63, 3.8) is 0 Å². The Hall–Kier alpha value is -3.76. The first-order chi connectivity index (χ1) is 17.8. The van der Waals surface area contributed by atoms with Gasteiger partial charge in [0, 0.05) is 24.4 Å². The van der Waals surface area contributed by atoms with Crippen molar-refractivity contribution in [3.05, 3.63) is 83.9 Å². The van der Waals surface area contributed by atoms with Crippen molar-refractivity contribution in [2.75, 3.05) is 13.7 Å². The van der Waals surface area contributed by atoms with E-state index in [1.807, 2.05) is 60.7 Å². The van der Waals surface area contributed by atoms with Crippen LogP contribution in [0.25, 0.3) is 10.8 Å². The van der Waals surface area contributed by atoms with Crippen molar-refractivity contribution in [2.45, 2.75) is 30.7 Å². The van der Waals surface area contributed by atoms with Gasteiger partial charge < -0.3 is 16.0 Å². The summed E-state index contributed by atoms with van der Waals surface area (Å²) in [6.07, 6.45) is 0.455. The predicted molar refractivity (Wildman–Crippen MR) is 139 cm³/mol. The predicted octanol–water partition coefficient (Wildman–Crippen LogP) is 2.13. The Labute approximate surface area is 215 Å². The van der Waals surface area contributed by atoms with Gasteiger partial charge in [-0.1, -0.05) is 60.7 Å². The third-order valence-corrected chi connectivity index (χ3v) is 7.93. The smallest absolute Gasteiger partial charge is 0.288 e. The van der Waals surface area contributed by atoms with Crippen LogP contribution < -0.4 is 16.0 Å². The Balaban J connectivity index is 1.57. The highest BCUT2D eigenvalue weighted by Gasteiger charge is 2.36. The van der Waals surface area contributed by atoms with Crippen LogP contribution in [0.4, 0.5) is 0 Å². The highest BCUT2D eigenvalue weighted by molar-refractivity contribution is 7.87. The summed E-state index contributed by atoms with van der Waals surface area (Å²) < 4.78 is 29.9. The van der Waals surface area contributed by atoms with Crippen LogP contribution in [0.1, 0.15) is 28.8 Å². The standard InChI is InChI=1S/C27H29N3O6S/c1-36-37(34,35)24(17-22-13-14-28-25(22)31)30-27(33)23(15-18-7-3-2-4-8-18)29-26(32)21-12-11-19-9-5-6-10-20(19)16-21/h2-12,16,22-24H,13-15,17H2,1H3,(H,28,31)(H,29,32)(H,30,33)/t22?,23-,24+/m0/s1. The minimum atomic E-state index is -4.20. The van der Waals surface area contributed by atoms with E-state index in [4.69, 9.17) is 0 Å². The molecule has 0 saturated carbocycles. The van der Waals surface area contributed by atoms with Gasteiger partial charge in [-0.05, 0) is 41.3 Å². The average molecular weight is 524 g/mol. The van der Waals surface area contributed by atoms with Gasteiger partial charge in [0.2, 0.25) is 11.8 Å². The molecule has 3 N–H and O–H groups in total. The fourth-order valence-corrected chi connectivity index (χ4v) is 5.34. The summed E-state index contributed by atoms with van der Waals surface area (Å²) in [5, 5.41) is 8.34. The molecule has 4 rings (SSSR count). The van der Waals surface area contributed by atoms with Crippen molar-refractivity contribution in [1.82, 2.24) is 16.0 Å². The van der Waals surface area contributed by atoms with E-state index in [2.05, 4.69) is 20.1 Å². The first kappa shape index (κ1) is 26.3. The first-order valence-corrected chi connectivity index (χ1v) is 13.4. The van der Waals surface area contributed by atoms with Gasteiger partial charge >= 0.3 is 0 Å². The van der Waals surface area contributed by atoms with Crippen LogP contribution >= 0.6 is 0 Å². The van der Waals surface area contributed by atoms with Crippen LogP contribution in [0.3, 0.4) is 0 Å². The summed E-state index contributed by atoms with van der Waals surface area (Å²) >= 11 is 0. The molecule has 37 heavy (non-hydrogen) atoms. The lowest BCUT2D eigenvalue weighted by atomic mass is 10.0. The van der Waals surface area contributed by atoms with E-state index in [1.165, 1.54) is 0 Å². The molecule has 3 atom stereocenters. The van der Waals surface area contributed by atoms with Crippen LogP contribution in [-0.2, 0) is 30.3 Å². The number of benzene rings is 3. The third kappa shape index (κ3) is 6.52. The average Bonchev–Trinajstić information content (AvgIpc) is 3.32. The maximum absolute atomic E-state index is 13.4. The fourth-order valence-electron chi connectivity index (χ4n) is 4.38. The zero-order valence-electron chi connectivity index (χ0n) is 20.3. The van der Waals surface area contributed by atoms with Crippen molar-refractivity contribution < 1.29 is 27.0 Å². The number of fused-ring (bicyclic) bond motifs is 1. The Morgan fingerprint density at radius 2 is 1.70 bits per heavy atom. The summed E-state index contributed by atoms with van der Waals surface area (Å²) in [5.74, 6) is -2.00. The zero-order chi connectivity index (χ0) is 26.4. The van der Waals surface area contributed by atoms with E-state index in [9.17, 15) is 22.8 Å². The molecule has 1 saturated heterocycles. The van der Waals surface area contributed by atoms with Gasteiger partial charge in [0.25, 0.3) is 16.0 Å². The van der Waals surface area contributed by atoms with Crippen molar-refractivity contribution >= 4 is 38.6 Å². The second-order valence-electron chi connectivity index (χ2n) is 8.95. The molecule has 1 aliphatic heterocycles. The molecule has 3 amide bonds. The highest BCUT2D eigenvalue weighted by Crippen LogP contribution is 2.20. The number of nitrogens with one attached hydrogen (secondary N) is 3. The summed E-state index contributed by atoms with van der Waals surface area (Å²) in [6, 6.07) is 20.8. The molecule has 3 aromatic rings. The van der Waals surface area contributed by atoms with Gasteiger partial charge in [-0.25, -0.2) is 0 Å². The van der Waals surface area contributed by atoms with E-state index in [1.54, 1.807) is 12.1 Å². The fraction of sp³-hybridized carbons (Fsp3) is 0.296. The molecular weight excluding hydrogens is 494 g/mol. The van der Waals surface area contributed by atoms with Gasteiger partial charge in [0.05, 0.1) is 7.11 Å². The van der Waals surface area contributed by atoms with Gasteiger partial charge in [-0.2, -0.15) is 8.42 Å². The molecule has 194 valence electrons. The lowest BCUT2D eigenvalue weighted by Crippen LogP contribution is -2.53. The molecule has 1 unspecified atom stereocenters. The van der Waals surface area contributed by atoms with E-state index < -0.39 is 39.3 Å². The van der Waals surface area contributed by atoms with Crippen LogP contribution in [-0.4, -0.2) is 51.2 Å². The topological polar surface area (TPSA) is 131 Å². The minimum Gasteiger partial charge on any atom is -0.356 e. The van der Waals surface area contributed by atoms with Crippen molar-refractivity contribution in [3.8, 4) is 0 Å². The van der Waals surface area contributed by atoms with E-state index >= 15 is 0 Å². The summed E-state index contributed by atoms with van der Waals surface area (Å²) in [6.45, 7) is 0.440. The molecule has 3 aromatic carbocycles. The Kier molecular flexibility index (Phi) is 8.20. The Bertz CT molecular complexity index is 1390. The molecule has 1 aliphatic rings. The molecular formula is C27H29N3O6S. The molecule has 0 radical (unpaired) electrons. The summed E-state index contributed by atoms with van der Waals surface area (Å²) in [5.41, 5.74) is 1.15. The molecule has 0 spiro atoms. The normalized spacial score (nSPS) is 17.1. The lowest BCUT2D eigenvalue weighted by Gasteiger charge is -2.24. The van der Waals surface area contributed by atoms with Crippen molar-refractivity contribution in [2.24, 2.45) is 5.92 Å². The molecule has 0 aliphatic carbocycles. The quantitative estimate of drug-likeness (QED) is 0.349. The van der Waals surface area contributed by atoms with Gasteiger partial charge in [0.15, 0.2) is 5.37 Å². The van der Waals surface area contributed by atoms with E-state index in [-0.39, 0.29) is 18.7 Å². The van der Waals surface area contributed by atoms with Gasteiger partial charge in [-0.3, -0.25) is 18.6 Å². The number of hydrogen-bond donors (Lipinski definition) is 3. The van der Waals surface area contributed by atoms with E-state index in [0.717, 1.165) is 23.4 Å². The van der Waals surface area contributed by atoms with Crippen molar-refractivity contribution in [1.29, 1.82) is 0 Å². The molecule has 0 aromatic heterocycles. The van der Waals surface area contributed by atoms with Crippen LogP contribution in [0.15, 0.2) is 72.8 Å². The molecule has 1 heterocycles. The number of carbonyl (C=O) groups excluding carboxylic acids is 3. The molecule has 9 nitrogen and oxygen atoms in total. The van der Waals surface area contributed by atoms with Crippen LogP contribution in [0.5, 0.6) is 0 Å². The molecule has 1 fully saturated rings. The number of carbonyl (C=O) groups is 3. The van der Waals surface area contributed by atoms with Gasteiger partial charge in [0.1, 0.15) is 6.04 Å². The van der Waals surface area contributed by atoms with E-state index in [0.29, 0.717) is 18.5 Å². The third-order valence-electron chi connectivity index (χ3n) is 6.46. The SMILES string of the molecule is COS(=O)(=O)[C@H](CC1CCNC1=O)NC(=O)[C@H](Cc1ccccc1)NC(=O)c1ccc2ccccc2c1. The monoisotopic (exact) mass is 523 g/mol. The first-order valence-electron chi connectivity index (χ1n) is 12.0. The maximum Gasteiger partial charge on any atom is 0.288 e. The molecule has 10 heteroatoms. The second-order valence-corrected chi connectivity index (χ2v) is 10.8. The van der Waals surface area contributed by atoms with Gasteiger partial charge in [-0.15, -0.1) is 0 Å². The maximum atomic E-state index is 13.4. The number of amides is 3. The largest absolute Gasteiger partial charge is 0.356 e. The lowest BCUT2D eigenvalue weighted by molar-refractivity contribution is -0.125. The summed E-state index contributed by atoms with van der Waals surface area (Å²) in [4.78, 5) is 38.6. The van der Waals surface area contributed by atoms with Crippen LogP contribution in [0, 0.1) is 5.92 Å². The second kappa shape index (κ2) is 11.5. The van der Waals surface area contributed by atoms with Crippen LogP contribution in [0.2, 0.25) is 0 Å². The minimum absolute atomic E-state index is 0.134. The Morgan fingerprint density at radius 1 is 1.00 bits per heavy atom. The zero-order valence-corrected chi connectivity index (χ0v) is 21.2. The Morgan fingerprint density at radius 3 is 2.38 bits per heavy atom. The summed E-state index contributed by atoms with van der Waals surface area (Å²) in [7, 11) is -3.20.